The van der Waals surface area contributed by atoms with Crippen molar-refractivity contribution in [3.8, 4) is 0 Å². The number of hydrogen-bond donors (Lipinski definition) is 1. The van der Waals surface area contributed by atoms with Crippen LogP contribution >= 0.6 is 0 Å². The van der Waals surface area contributed by atoms with E-state index in [1.54, 1.807) is 23.4 Å². The Labute approximate surface area is 122 Å². The van der Waals surface area contributed by atoms with Crippen LogP contribution in [0.5, 0.6) is 0 Å². The molecule has 1 aromatic heterocycles. The maximum absolute atomic E-state index is 13.9. The molecule has 0 spiro atoms. The monoisotopic (exact) mass is 285 g/mol. The van der Waals surface area contributed by atoms with Crippen molar-refractivity contribution >= 4 is 11.6 Å². The average molecular weight is 285 g/mol. The first-order chi connectivity index (χ1) is 10.2. The summed E-state index contributed by atoms with van der Waals surface area (Å²) in [6.45, 7) is 0.635. The van der Waals surface area contributed by atoms with Crippen LogP contribution in [0.25, 0.3) is 0 Å². The number of aromatic nitrogens is 1. The van der Waals surface area contributed by atoms with Crippen molar-refractivity contribution in [2.45, 2.75) is 18.9 Å². The van der Waals surface area contributed by atoms with E-state index in [1.165, 1.54) is 12.1 Å². The molecule has 1 aliphatic heterocycles. The van der Waals surface area contributed by atoms with Crippen molar-refractivity contribution in [1.82, 2.24) is 9.88 Å². The van der Waals surface area contributed by atoms with E-state index in [1.807, 2.05) is 12.1 Å². The summed E-state index contributed by atoms with van der Waals surface area (Å²) in [7, 11) is 0. The Morgan fingerprint density at radius 2 is 2.05 bits per heavy atom. The first-order valence-corrected chi connectivity index (χ1v) is 6.93. The second kappa shape index (κ2) is 5.52. The van der Waals surface area contributed by atoms with Gasteiger partial charge in [-0.3, -0.25) is 9.78 Å². The highest BCUT2D eigenvalue weighted by Crippen LogP contribution is 2.33. The maximum atomic E-state index is 13.9. The zero-order valence-electron chi connectivity index (χ0n) is 11.5. The number of nitrogen functional groups attached to an aromatic ring is 1. The Bertz CT molecular complexity index is 660. The fourth-order valence-electron chi connectivity index (χ4n) is 2.80. The molecule has 108 valence electrons. The van der Waals surface area contributed by atoms with Crippen molar-refractivity contribution in [2.75, 3.05) is 12.3 Å². The highest BCUT2D eigenvalue weighted by atomic mass is 19.1. The topological polar surface area (TPSA) is 59.2 Å². The van der Waals surface area contributed by atoms with Crippen molar-refractivity contribution in [3.05, 3.63) is 59.7 Å². The predicted octanol–water partition coefficient (Wildman–Crippen LogP) is 2.78. The van der Waals surface area contributed by atoms with Crippen LogP contribution in [-0.2, 0) is 0 Å². The number of rotatable bonds is 2. The zero-order chi connectivity index (χ0) is 14.8. The Morgan fingerprint density at radius 3 is 2.76 bits per heavy atom. The summed E-state index contributed by atoms with van der Waals surface area (Å²) in [6.07, 6.45) is 5.21. The van der Waals surface area contributed by atoms with Gasteiger partial charge in [0.2, 0.25) is 0 Å². The molecule has 0 radical (unpaired) electrons. The molecule has 1 unspecified atom stereocenters. The number of carbonyl (C=O) groups excluding carboxylic acids is 1. The molecule has 4 nitrogen and oxygen atoms in total. The lowest BCUT2D eigenvalue weighted by atomic mass is 10.1. The van der Waals surface area contributed by atoms with Crippen LogP contribution in [0.2, 0.25) is 0 Å². The first-order valence-electron chi connectivity index (χ1n) is 6.93. The third-order valence-electron chi connectivity index (χ3n) is 3.83. The van der Waals surface area contributed by atoms with Crippen molar-refractivity contribution in [3.63, 3.8) is 0 Å². The second-order valence-electron chi connectivity index (χ2n) is 5.18. The lowest BCUT2D eigenvalue weighted by Gasteiger charge is -2.25. The standard InChI is InChI=1S/C16H16FN3O/c17-14-10-12(18)3-4-13(14)16(21)20-9-1-2-15(20)11-5-7-19-8-6-11/h3-8,10,15H,1-2,9,18H2. The van der Waals surface area contributed by atoms with Gasteiger partial charge >= 0.3 is 0 Å². The van der Waals surface area contributed by atoms with Gasteiger partial charge in [-0.15, -0.1) is 0 Å². The van der Waals surface area contributed by atoms with Crippen molar-refractivity contribution in [1.29, 1.82) is 0 Å². The Morgan fingerprint density at radius 1 is 1.29 bits per heavy atom. The zero-order valence-corrected chi connectivity index (χ0v) is 11.5. The van der Waals surface area contributed by atoms with Crippen LogP contribution in [0.15, 0.2) is 42.7 Å². The van der Waals surface area contributed by atoms with Crippen LogP contribution in [0.3, 0.4) is 0 Å². The molecular formula is C16H16FN3O. The van der Waals surface area contributed by atoms with Crippen LogP contribution in [0.1, 0.15) is 34.8 Å². The van der Waals surface area contributed by atoms with Crippen LogP contribution in [-0.4, -0.2) is 22.3 Å². The Balaban J connectivity index is 1.90. The van der Waals surface area contributed by atoms with Gasteiger partial charge in [0, 0.05) is 24.6 Å². The van der Waals surface area contributed by atoms with E-state index in [9.17, 15) is 9.18 Å². The fourth-order valence-corrected chi connectivity index (χ4v) is 2.80. The summed E-state index contributed by atoms with van der Waals surface area (Å²) in [4.78, 5) is 18.3. The van der Waals surface area contributed by atoms with E-state index in [2.05, 4.69) is 4.98 Å². The van der Waals surface area contributed by atoms with Gasteiger partial charge in [-0.1, -0.05) is 0 Å². The van der Waals surface area contributed by atoms with Gasteiger partial charge in [0.1, 0.15) is 5.82 Å². The van der Waals surface area contributed by atoms with Gasteiger partial charge in [-0.25, -0.2) is 4.39 Å². The first kappa shape index (κ1) is 13.5. The number of nitrogens with zero attached hydrogens (tertiary/aromatic N) is 2. The van der Waals surface area contributed by atoms with Gasteiger partial charge in [-0.05, 0) is 48.7 Å². The van der Waals surface area contributed by atoms with E-state index < -0.39 is 5.82 Å². The predicted molar refractivity (Wildman–Crippen MR) is 78.1 cm³/mol. The smallest absolute Gasteiger partial charge is 0.257 e. The third-order valence-corrected chi connectivity index (χ3v) is 3.83. The number of nitrogens with two attached hydrogens (primary N) is 1. The van der Waals surface area contributed by atoms with E-state index in [-0.39, 0.29) is 17.5 Å². The van der Waals surface area contributed by atoms with Gasteiger partial charge in [0.15, 0.2) is 0 Å². The Kier molecular flexibility index (Phi) is 3.56. The normalized spacial score (nSPS) is 18.0. The molecule has 1 aliphatic rings. The van der Waals surface area contributed by atoms with Crippen LogP contribution < -0.4 is 5.73 Å². The van der Waals surface area contributed by atoms with E-state index >= 15 is 0 Å². The number of carbonyl (C=O) groups is 1. The van der Waals surface area contributed by atoms with Crippen LogP contribution in [0.4, 0.5) is 10.1 Å². The molecule has 1 saturated heterocycles. The second-order valence-corrected chi connectivity index (χ2v) is 5.18. The van der Waals surface area contributed by atoms with Gasteiger partial charge in [-0.2, -0.15) is 0 Å². The molecule has 1 fully saturated rings. The number of benzene rings is 1. The van der Waals surface area contributed by atoms with E-state index in [0.29, 0.717) is 12.2 Å². The number of hydrogen-bond acceptors (Lipinski definition) is 3. The average Bonchev–Trinajstić information content (AvgIpc) is 2.97. The van der Waals surface area contributed by atoms with Crippen molar-refractivity contribution in [2.24, 2.45) is 0 Å². The van der Waals surface area contributed by atoms with Gasteiger partial charge in [0.05, 0.1) is 11.6 Å². The van der Waals surface area contributed by atoms with Gasteiger partial charge in [0.25, 0.3) is 5.91 Å². The van der Waals surface area contributed by atoms with E-state index in [0.717, 1.165) is 18.4 Å². The summed E-state index contributed by atoms with van der Waals surface area (Å²) in [6, 6.07) is 7.97. The summed E-state index contributed by atoms with van der Waals surface area (Å²) >= 11 is 0. The highest BCUT2D eigenvalue weighted by Gasteiger charge is 2.31. The lowest BCUT2D eigenvalue weighted by molar-refractivity contribution is 0.0731. The maximum Gasteiger partial charge on any atom is 0.257 e. The molecule has 0 saturated carbocycles. The summed E-state index contributed by atoms with van der Waals surface area (Å²) in [5.41, 5.74) is 6.95. The molecule has 1 amide bonds. The molecule has 2 aromatic rings. The number of pyridine rings is 1. The summed E-state index contributed by atoms with van der Waals surface area (Å²) in [5, 5.41) is 0. The molecule has 0 bridgehead atoms. The van der Waals surface area contributed by atoms with Gasteiger partial charge < -0.3 is 10.6 Å². The summed E-state index contributed by atoms with van der Waals surface area (Å²) in [5.74, 6) is -0.854. The molecule has 21 heavy (non-hydrogen) atoms. The molecule has 2 N–H and O–H groups in total. The largest absolute Gasteiger partial charge is 0.399 e. The number of halogens is 1. The Hall–Kier alpha value is -2.43. The number of anilines is 1. The molecule has 1 aromatic carbocycles. The molecule has 1 atom stereocenters. The highest BCUT2D eigenvalue weighted by molar-refractivity contribution is 5.95. The van der Waals surface area contributed by atoms with Crippen LogP contribution in [0, 0.1) is 5.82 Å². The molecule has 2 heterocycles. The minimum atomic E-state index is -0.569. The molecule has 3 rings (SSSR count). The molecular weight excluding hydrogens is 269 g/mol. The quantitative estimate of drug-likeness (QED) is 0.863. The molecule has 5 heteroatoms. The minimum absolute atomic E-state index is 0.0162. The number of likely N-dealkylation sites (tertiary alicyclic amines) is 1. The third kappa shape index (κ3) is 2.59. The lowest BCUT2D eigenvalue weighted by Crippen LogP contribution is -2.31. The number of amides is 1. The SMILES string of the molecule is Nc1ccc(C(=O)N2CCCC2c2ccncc2)c(F)c1. The van der Waals surface area contributed by atoms with E-state index in [4.69, 9.17) is 5.73 Å². The minimum Gasteiger partial charge on any atom is -0.399 e. The molecule has 0 aliphatic carbocycles. The fraction of sp³-hybridized carbons (Fsp3) is 0.250. The summed E-state index contributed by atoms with van der Waals surface area (Å²) < 4.78 is 13.9. The van der Waals surface area contributed by atoms with Crippen molar-refractivity contribution < 1.29 is 9.18 Å².